The quantitative estimate of drug-likeness (QED) is 0.507. The average Bonchev–Trinajstić information content (AvgIpc) is 3.47. The number of hydrogen-bond donors (Lipinski definition) is 1. The first-order valence-electron chi connectivity index (χ1n) is 9.50. The predicted octanol–water partition coefficient (Wildman–Crippen LogP) is 4.06. The lowest BCUT2D eigenvalue weighted by atomic mass is 10.2. The zero-order valence-corrected chi connectivity index (χ0v) is 16.9. The number of nitrogens with zero attached hydrogens (tertiary/aromatic N) is 2. The number of aromatic nitrogens is 2. The number of ether oxygens (including phenoxy) is 2. The van der Waals surface area contributed by atoms with E-state index in [9.17, 15) is 9.18 Å². The molecule has 31 heavy (non-hydrogen) atoms. The molecule has 1 N–H and O–H groups in total. The van der Waals surface area contributed by atoms with Crippen LogP contribution >= 0.6 is 11.3 Å². The summed E-state index contributed by atoms with van der Waals surface area (Å²) in [5.74, 6) is 1.36. The number of para-hydroxylation sites is 2. The van der Waals surface area contributed by atoms with E-state index in [1.165, 1.54) is 23.5 Å². The van der Waals surface area contributed by atoms with E-state index in [1.54, 1.807) is 24.3 Å². The van der Waals surface area contributed by atoms with Crippen molar-refractivity contribution in [2.45, 2.75) is 12.6 Å². The van der Waals surface area contributed by atoms with Gasteiger partial charge in [0.25, 0.3) is 11.8 Å². The molecule has 3 heterocycles. The van der Waals surface area contributed by atoms with Gasteiger partial charge in [0.2, 0.25) is 11.9 Å². The highest BCUT2D eigenvalue weighted by atomic mass is 32.1. The zero-order valence-electron chi connectivity index (χ0n) is 16.1. The molecular weight excluding hydrogens is 421 g/mol. The Labute approximate surface area is 180 Å². The molecule has 0 spiro atoms. The summed E-state index contributed by atoms with van der Waals surface area (Å²) < 4.78 is 29.7. The summed E-state index contributed by atoms with van der Waals surface area (Å²) in [5, 5.41) is 6.82. The molecule has 2 aromatic carbocycles. The average molecular weight is 437 g/mol. The Morgan fingerprint density at radius 2 is 1.90 bits per heavy atom. The fourth-order valence-electron chi connectivity index (χ4n) is 3.06. The van der Waals surface area contributed by atoms with Crippen molar-refractivity contribution in [2.24, 2.45) is 0 Å². The van der Waals surface area contributed by atoms with Crippen molar-refractivity contribution in [2.75, 3.05) is 6.61 Å². The maximum absolute atomic E-state index is 13.1. The Morgan fingerprint density at radius 1 is 1.10 bits per heavy atom. The lowest BCUT2D eigenvalue weighted by Crippen LogP contribution is -2.43. The third-order valence-electron chi connectivity index (χ3n) is 4.64. The summed E-state index contributed by atoms with van der Waals surface area (Å²) in [6.07, 6.45) is -0.705. The largest absolute Gasteiger partial charge is 0.485 e. The van der Waals surface area contributed by atoms with Gasteiger partial charge >= 0.3 is 0 Å². The van der Waals surface area contributed by atoms with Gasteiger partial charge in [0.05, 0.1) is 11.4 Å². The van der Waals surface area contributed by atoms with Crippen LogP contribution in [0.2, 0.25) is 0 Å². The zero-order chi connectivity index (χ0) is 21.2. The minimum absolute atomic E-state index is 0.159. The van der Waals surface area contributed by atoms with Crippen LogP contribution in [0.3, 0.4) is 0 Å². The van der Waals surface area contributed by atoms with Gasteiger partial charge in [0.1, 0.15) is 12.4 Å². The Kier molecular flexibility index (Phi) is 5.09. The number of benzene rings is 2. The normalized spacial score (nSPS) is 14.9. The summed E-state index contributed by atoms with van der Waals surface area (Å²) >= 11 is 1.43. The second-order valence-corrected chi connectivity index (χ2v) is 7.95. The molecule has 0 fully saturated rings. The fourth-order valence-corrected chi connectivity index (χ4v) is 3.93. The van der Waals surface area contributed by atoms with Crippen LogP contribution in [0.25, 0.3) is 22.2 Å². The summed E-state index contributed by atoms with van der Waals surface area (Å²) in [6.45, 7) is 0.497. The highest BCUT2D eigenvalue weighted by molar-refractivity contribution is 7.15. The number of fused-ring (bicyclic) bond motifs is 1. The molecule has 1 amide bonds. The number of carbonyl (C=O) groups is 1. The van der Waals surface area contributed by atoms with Crippen LogP contribution in [-0.2, 0) is 11.3 Å². The third-order valence-corrected chi connectivity index (χ3v) is 5.71. The number of nitrogens with one attached hydrogen (secondary N) is 1. The molecular formula is C22H16FN3O4S. The Bertz CT molecular complexity index is 1220. The third kappa shape index (κ3) is 4.13. The van der Waals surface area contributed by atoms with Gasteiger partial charge in [-0.1, -0.05) is 17.3 Å². The van der Waals surface area contributed by atoms with E-state index in [2.05, 4.69) is 15.5 Å². The van der Waals surface area contributed by atoms with Gasteiger partial charge in [-0.05, 0) is 48.5 Å². The van der Waals surface area contributed by atoms with Gasteiger partial charge in [-0.3, -0.25) is 4.79 Å². The molecule has 1 aliphatic rings. The Hall–Kier alpha value is -3.72. The first-order chi connectivity index (χ1) is 15.2. The second kappa shape index (κ2) is 8.19. The van der Waals surface area contributed by atoms with Crippen molar-refractivity contribution in [3.63, 3.8) is 0 Å². The second-order valence-electron chi connectivity index (χ2n) is 6.78. The van der Waals surface area contributed by atoms with Gasteiger partial charge < -0.3 is 19.3 Å². The highest BCUT2D eigenvalue weighted by Gasteiger charge is 2.27. The molecule has 0 radical (unpaired) electrons. The molecule has 156 valence electrons. The molecule has 0 saturated heterocycles. The van der Waals surface area contributed by atoms with E-state index in [4.69, 9.17) is 14.0 Å². The molecule has 0 aliphatic carbocycles. The first kappa shape index (κ1) is 19.3. The molecule has 9 heteroatoms. The van der Waals surface area contributed by atoms with Crippen molar-refractivity contribution in [1.82, 2.24) is 15.5 Å². The van der Waals surface area contributed by atoms with E-state index < -0.39 is 6.10 Å². The minimum Gasteiger partial charge on any atom is -0.485 e. The highest BCUT2D eigenvalue weighted by Crippen LogP contribution is 2.31. The standard InChI is InChI=1S/C22H16FN3O4S/c23-14-7-5-13(6-8-14)20-25-22(30-26-20)19-10-9-15(31-19)11-24-21(27)18-12-28-16-3-1-2-4-17(16)29-18/h1-10,18H,11-12H2,(H,24,27)/t18-/m1/s1. The topological polar surface area (TPSA) is 86.5 Å². The number of amides is 1. The van der Waals surface area contributed by atoms with Crippen molar-refractivity contribution in [1.29, 1.82) is 0 Å². The molecule has 1 atom stereocenters. The van der Waals surface area contributed by atoms with Gasteiger partial charge in [-0.15, -0.1) is 11.3 Å². The van der Waals surface area contributed by atoms with Gasteiger partial charge in [-0.2, -0.15) is 4.98 Å². The van der Waals surface area contributed by atoms with Crippen LogP contribution in [0, 0.1) is 5.82 Å². The van der Waals surface area contributed by atoms with Crippen molar-refractivity contribution in [3.8, 4) is 33.7 Å². The van der Waals surface area contributed by atoms with Crippen molar-refractivity contribution >= 4 is 17.2 Å². The molecule has 2 aromatic heterocycles. The van der Waals surface area contributed by atoms with E-state index >= 15 is 0 Å². The van der Waals surface area contributed by atoms with Crippen LogP contribution in [0.1, 0.15) is 4.88 Å². The van der Waals surface area contributed by atoms with E-state index in [-0.39, 0.29) is 18.3 Å². The maximum Gasteiger partial charge on any atom is 0.268 e. The fraction of sp³-hybridized carbons (Fsp3) is 0.136. The van der Waals surface area contributed by atoms with Crippen molar-refractivity contribution < 1.29 is 23.2 Å². The Balaban J connectivity index is 1.21. The predicted molar refractivity (Wildman–Crippen MR) is 111 cm³/mol. The molecule has 4 aromatic rings. The number of halogens is 1. The first-order valence-corrected chi connectivity index (χ1v) is 10.3. The lowest BCUT2D eigenvalue weighted by molar-refractivity contribution is -0.130. The monoisotopic (exact) mass is 437 g/mol. The van der Waals surface area contributed by atoms with Crippen LogP contribution in [0.15, 0.2) is 65.2 Å². The summed E-state index contributed by atoms with van der Waals surface area (Å²) in [6, 6.07) is 16.9. The number of carbonyl (C=O) groups excluding carboxylic acids is 1. The molecule has 7 nitrogen and oxygen atoms in total. The SMILES string of the molecule is O=C(NCc1ccc(-c2nc(-c3ccc(F)cc3)no2)s1)[C@H]1COc2ccccc2O1. The maximum atomic E-state index is 13.1. The van der Waals surface area contributed by atoms with Gasteiger partial charge in [0, 0.05) is 10.4 Å². The minimum atomic E-state index is -0.705. The lowest BCUT2D eigenvalue weighted by Gasteiger charge is -2.25. The summed E-state index contributed by atoms with van der Waals surface area (Å²) in [7, 11) is 0. The van der Waals surface area contributed by atoms with Gasteiger partial charge in [0.15, 0.2) is 11.5 Å². The summed E-state index contributed by atoms with van der Waals surface area (Å²) in [4.78, 5) is 18.5. The number of hydrogen-bond acceptors (Lipinski definition) is 7. The Morgan fingerprint density at radius 3 is 2.74 bits per heavy atom. The molecule has 0 bridgehead atoms. The molecule has 0 saturated carbocycles. The van der Waals surface area contributed by atoms with Crippen LogP contribution < -0.4 is 14.8 Å². The summed E-state index contributed by atoms with van der Waals surface area (Å²) in [5.41, 5.74) is 0.664. The molecule has 5 rings (SSSR count). The van der Waals surface area contributed by atoms with Crippen LogP contribution in [0.4, 0.5) is 4.39 Å². The number of rotatable bonds is 5. The van der Waals surface area contributed by atoms with E-state index in [1.807, 2.05) is 24.3 Å². The number of thiophene rings is 1. The van der Waals surface area contributed by atoms with E-state index in [0.717, 1.165) is 9.75 Å². The van der Waals surface area contributed by atoms with Crippen molar-refractivity contribution in [3.05, 3.63) is 71.4 Å². The smallest absolute Gasteiger partial charge is 0.268 e. The van der Waals surface area contributed by atoms with E-state index in [0.29, 0.717) is 35.3 Å². The van der Waals surface area contributed by atoms with Gasteiger partial charge in [-0.25, -0.2) is 4.39 Å². The molecule has 0 unspecified atom stereocenters. The molecule has 1 aliphatic heterocycles. The van der Waals surface area contributed by atoms with Crippen LogP contribution in [0.5, 0.6) is 11.5 Å². The van der Waals surface area contributed by atoms with Crippen LogP contribution in [-0.4, -0.2) is 28.8 Å².